The Hall–Kier alpha value is -3.27. The molecule has 0 aromatic heterocycles. The molecule has 4 heteroatoms. The molecular formula is C25H24N2O2. The van der Waals surface area contributed by atoms with Gasteiger partial charge in [-0.3, -0.25) is 0 Å². The Morgan fingerprint density at radius 1 is 1.00 bits per heavy atom. The standard InChI is InChI=1S/C25H24N2O2/c1-29-21-11-8-17(9-12-21)24-7-4-14-27(24)25(28)26-20-10-13-23-19(16-20)15-18-5-2-3-6-22(18)23/h2-3,5-6,8-13,16,24H,4,7,14-15H2,1H3,(H,26,28). The Balaban J connectivity index is 1.33. The van der Waals surface area contributed by atoms with E-state index in [1.807, 2.05) is 23.1 Å². The van der Waals surface area contributed by atoms with E-state index >= 15 is 0 Å². The number of likely N-dealkylation sites (tertiary alicyclic amines) is 1. The predicted molar refractivity (Wildman–Crippen MR) is 115 cm³/mol. The summed E-state index contributed by atoms with van der Waals surface area (Å²) in [5, 5.41) is 3.12. The summed E-state index contributed by atoms with van der Waals surface area (Å²) in [4.78, 5) is 15.0. The zero-order chi connectivity index (χ0) is 19.8. The molecular weight excluding hydrogens is 360 g/mol. The van der Waals surface area contributed by atoms with Gasteiger partial charge >= 0.3 is 6.03 Å². The zero-order valence-electron chi connectivity index (χ0n) is 16.5. The second-order valence-corrected chi connectivity index (χ2v) is 7.76. The van der Waals surface area contributed by atoms with Gasteiger partial charge in [0.2, 0.25) is 0 Å². The number of nitrogens with one attached hydrogen (secondary N) is 1. The van der Waals surface area contributed by atoms with Crippen molar-refractivity contribution in [2.45, 2.75) is 25.3 Å². The number of urea groups is 1. The van der Waals surface area contributed by atoms with Gasteiger partial charge in [-0.1, -0.05) is 42.5 Å². The molecule has 0 bridgehead atoms. The summed E-state index contributed by atoms with van der Waals surface area (Å²) >= 11 is 0. The van der Waals surface area contributed by atoms with Gasteiger partial charge in [0.15, 0.2) is 0 Å². The van der Waals surface area contributed by atoms with Crippen LogP contribution in [0.1, 0.15) is 35.6 Å². The quantitative estimate of drug-likeness (QED) is 0.497. The van der Waals surface area contributed by atoms with Crippen molar-refractivity contribution >= 4 is 11.7 Å². The number of amides is 2. The average Bonchev–Trinajstić information content (AvgIpc) is 3.38. The lowest BCUT2D eigenvalue weighted by Crippen LogP contribution is -2.34. The number of benzene rings is 3. The van der Waals surface area contributed by atoms with Crippen LogP contribution in [-0.2, 0) is 6.42 Å². The molecule has 1 aliphatic carbocycles. The Morgan fingerprint density at radius 2 is 1.79 bits per heavy atom. The van der Waals surface area contributed by atoms with Gasteiger partial charge in [0.25, 0.3) is 0 Å². The molecule has 0 saturated carbocycles. The Bertz CT molecular complexity index is 1060. The van der Waals surface area contributed by atoms with Crippen LogP contribution < -0.4 is 10.1 Å². The average molecular weight is 384 g/mol. The van der Waals surface area contributed by atoms with Crippen LogP contribution in [0.2, 0.25) is 0 Å². The number of ether oxygens (including phenoxy) is 1. The van der Waals surface area contributed by atoms with Crippen molar-refractivity contribution in [3.8, 4) is 16.9 Å². The first-order chi connectivity index (χ1) is 14.2. The van der Waals surface area contributed by atoms with Crippen LogP contribution in [0.3, 0.4) is 0 Å². The molecule has 1 N–H and O–H groups in total. The normalized spacial score (nSPS) is 17.0. The summed E-state index contributed by atoms with van der Waals surface area (Å²) in [7, 11) is 1.67. The Kier molecular flexibility index (Phi) is 4.47. The summed E-state index contributed by atoms with van der Waals surface area (Å²) in [5.41, 5.74) is 7.22. The number of hydrogen-bond acceptors (Lipinski definition) is 2. The largest absolute Gasteiger partial charge is 0.497 e. The van der Waals surface area contributed by atoms with Gasteiger partial charge in [-0.05, 0) is 71.3 Å². The van der Waals surface area contributed by atoms with Crippen molar-refractivity contribution in [3.63, 3.8) is 0 Å². The summed E-state index contributed by atoms with van der Waals surface area (Å²) < 4.78 is 5.25. The van der Waals surface area contributed by atoms with E-state index in [-0.39, 0.29) is 12.1 Å². The second-order valence-electron chi connectivity index (χ2n) is 7.76. The fraction of sp³-hybridized carbons (Fsp3) is 0.240. The van der Waals surface area contributed by atoms with Crippen LogP contribution >= 0.6 is 0 Å². The summed E-state index contributed by atoms with van der Waals surface area (Å²) in [6.07, 6.45) is 2.93. The fourth-order valence-corrected chi connectivity index (χ4v) is 4.60. The lowest BCUT2D eigenvalue weighted by Gasteiger charge is -2.25. The molecule has 2 amide bonds. The van der Waals surface area contributed by atoms with Gasteiger partial charge in [0.1, 0.15) is 5.75 Å². The first-order valence-electron chi connectivity index (χ1n) is 10.2. The molecule has 1 aliphatic heterocycles. The number of nitrogens with zero attached hydrogens (tertiary/aromatic N) is 1. The number of carbonyl (C=O) groups is 1. The van der Waals surface area contributed by atoms with Crippen LogP contribution in [0.25, 0.3) is 11.1 Å². The number of fused-ring (bicyclic) bond motifs is 3. The minimum Gasteiger partial charge on any atom is -0.497 e. The fourth-order valence-electron chi connectivity index (χ4n) is 4.60. The van der Waals surface area contributed by atoms with Crippen LogP contribution in [0.5, 0.6) is 5.75 Å². The summed E-state index contributed by atoms with van der Waals surface area (Å²) in [6.45, 7) is 0.777. The van der Waals surface area contributed by atoms with E-state index < -0.39 is 0 Å². The highest BCUT2D eigenvalue weighted by molar-refractivity contribution is 5.91. The first-order valence-corrected chi connectivity index (χ1v) is 10.2. The van der Waals surface area contributed by atoms with Crippen molar-refractivity contribution in [2.24, 2.45) is 0 Å². The first kappa shape index (κ1) is 17.8. The zero-order valence-corrected chi connectivity index (χ0v) is 16.5. The van der Waals surface area contributed by atoms with Crippen LogP contribution in [0.15, 0.2) is 66.7 Å². The van der Waals surface area contributed by atoms with Crippen molar-refractivity contribution in [1.82, 2.24) is 4.90 Å². The van der Waals surface area contributed by atoms with E-state index in [0.29, 0.717) is 0 Å². The van der Waals surface area contributed by atoms with Crippen molar-refractivity contribution < 1.29 is 9.53 Å². The lowest BCUT2D eigenvalue weighted by atomic mass is 10.0. The summed E-state index contributed by atoms with van der Waals surface area (Å²) in [5.74, 6) is 0.835. The van der Waals surface area contributed by atoms with Crippen molar-refractivity contribution in [1.29, 1.82) is 0 Å². The van der Waals surface area contributed by atoms with E-state index in [9.17, 15) is 4.79 Å². The van der Waals surface area contributed by atoms with Gasteiger partial charge in [-0.2, -0.15) is 0 Å². The Labute approximate surface area is 171 Å². The second kappa shape index (κ2) is 7.28. The molecule has 3 aromatic carbocycles. The molecule has 0 spiro atoms. The number of carbonyl (C=O) groups excluding carboxylic acids is 1. The van der Waals surface area contributed by atoms with E-state index in [1.165, 1.54) is 22.3 Å². The summed E-state index contributed by atoms with van der Waals surface area (Å²) in [6, 6.07) is 22.9. The van der Waals surface area contributed by atoms with Gasteiger partial charge in [-0.15, -0.1) is 0 Å². The smallest absolute Gasteiger partial charge is 0.322 e. The van der Waals surface area contributed by atoms with Crippen LogP contribution in [0.4, 0.5) is 10.5 Å². The molecule has 3 aromatic rings. The van der Waals surface area contributed by atoms with E-state index in [2.05, 4.69) is 53.8 Å². The van der Waals surface area contributed by atoms with Gasteiger partial charge in [0.05, 0.1) is 13.2 Å². The molecule has 1 heterocycles. The molecule has 29 heavy (non-hydrogen) atoms. The molecule has 146 valence electrons. The van der Waals surface area contributed by atoms with Crippen molar-refractivity contribution in [3.05, 3.63) is 83.4 Å². The number of methoxy groups -OCH3 is 1. The third-order valence-electron chi connectivity index (χ3n) is 6.06. The van der Waals surface area contributed by atoms with Gasteiger partial charge in [0, 0.05) is 12.2 Å². The molecule has 1 fully saturated rings. The highest BCUT2D eigenvalue weighted by atomic mass is 16.5. The molecule has 1 atom stereocenters. The maximum absolute atomic E-state index is 13.0. The number of anilines is 1. The maximum atomic E-state index is 13.0. The third-order valence-corrected chi connectivity index (χ3v) is 6.06. The number of hydrogen-bond donors (Lipinski definition) is 1. The van der Waals surface area contributed by atoms with E-state index in [4.69, 9.17) is 4.74 Å². The van der Waals surface area contributed by atoms with Crippen molar-refractivity contribution in [2.75, 3.05) is 19.0 Å². The monoisotopic (exact) mass is 384 g/mol. The van der Waals surface area contributed by atoms with Gasteiger partial charge < -0.3 is 15.0 Å². The van der Waals surface area contributed by atoms with E-state index in [1.54, 1.807) is 7.11 Å². The highest BCUT2D eigenvalue weighted by Gasteiger charge is 2.30. The molecule has 2 aliphatic rings. The van der Waals surface area contributed by atoms with Crippen LogP contribution in [0, 0.1) is 0 Å². The molecule has 1 saturated heterocycles. The molecule has 1 unspecified atom stereocenters. The minimum atomic E-state index is -0.0289. The maximum Gasteiger partial charge on any atom is 0.322 e. The predicted octanol–water partition coefficient (Wildman–Crippen LogP) is 5.64. The number of rotatable bonds is 3. The molecule has 5 rings (SSSR count). The van der Waals surface area contributed by atoms with E-state index in [0.717, 1.165) is 42.8 Å². The minimum absolute atomic E-state index is 0.0289. The SMILES string of the molecule is COc1ccc(C2CCCN2C(=O)Nc2ccc3c(c2)Cc2ccccc2-3)cc1. The molecule has 4 nitrogen and oxygen atoms in total. The third kappa shape index (κ3) is 3.25. The topological polar surface area (TPSA) is 41.6 Å². The Morgan fingerprint density at radius 3 is 2.62 bits per heavy atom. The van der Waals surface area contributed by atoms with Gasteiger partial charge in [-0.25, -0.2) is 4.79 Å². The highest BCUT2D eigenvalue weighted by Crippen LogP contribution is 2.38. The van der Waals surface area contributed by atoms with Crippen LogP contribution in [-0.4, -0.2) is 24.6 Å². The molecule has 0 radical (unpaired) electrons. The lowest BCUT2D eigenvalue weighted by molar-refractivity contribution is 0.207.